The second-order valence-corrected chi connectivity index (χ2v) is 5.37. The van der Waals surface area contributed by atoms with Crippen LogP contribution in [0.15, 0.2) is 36.4 Å². The molecule has 78 valence electrons. The summed E-state index contributed by atoms with van der Waals surface area (Å²) >= 11 is 1.91. The van der Waals surface area contributed by atoms with Crippen LogP contribution in [0.2, 0.25) is 6.82 Å². The van der Waals surface area contributed by atoms with Gasteiger partial charge in [-0.1, -0.05) is 42.6 Å². The summed E-state index contributed by atoms with van der Waals surface area (Å²) in [5.74, 6) is 0. The van der Waals surface area contributed by atoms with Crippen LogP contribution in [0, 0.1) is 6.92 Å². The van der Waals surface area contributed by atoms with Crippen LogP contribution in [0.25, 0.3) is 20.2 Å². The molecule has 0 spiro atoms. The van der Waals surface area contributed by atoms with Crippen LogP contribution in [0.1, 0.15) is 5.56 Å². The molecule has 0 bridgehead atoms. The maximum Gasteiger partial charge on any atom is 0.154 e. The fraction of sp³-hybridized carbons (Fsp3) is 0.143. The van der Waals surface area contributed by atoms with E-state index in [-0.39, 0.29) is 0 Å². The Balaban J connectivity index is 2.40. The number of rotatable bonds is 1. The van der Waals surface area contributed by atoms with Gasteiger partial charge in [0.05, 0.1) is 0 Å². The monoisotopic (exact) mass is 224 g/mol. The second kappa shape index (κ2) is 3.64. The molecule has 2 heteroatoms. The molecule has 0 fully saturated rings. The molecule has 0 atom stereocenters. The van der Waals surface area contributed by atoms with Gasteiger partial charge < -0.3 is 0 Å². The third-order valence-electron chi connectivity index (χ3n) is 3.10. The summed E-state index contributed by atoms with van der Waals surface area (Å²) in [7, 11) is 1.11. The van der Waals surface area contributed by atoms with Crippen molar-refractivity contribution in [1.29, 1.82) is 0 Å². The summed E-state index contributed by atoms with van der Waals surface area (Å²) < 4.78 is 2.82. The van der Waals surface area contributed by atoms with E-state index in [0.717, 1.165) is 7.28 Å². The number of hydrogen-bond donors (Lipinski definition) is 0. The number of thiophene rings is 1. The Bertz CT molecular complexity index is 667. The van der Waals surface area contributed by atoms with E-state index in [2.05, 4.69) is 50.1 Å². The Hall–Kier alpha value is -1.28. The van der Waals surface area contributed by atoms with Crippen molar-refractivity contribution < 1.29 is 0 Å². The highest BCUT2D eigenvalue weighted by Crippen LogP contribution is 2.33. The quantitative estimate of drug-likeness (QED) is 0.555. The average molecular weight is 224 g/mol. The summed E-state index contributed by atoms with van der Waals surface area (Å²) in [5.41, 5.74) is 2.77. The zero-order valence-corrected chi connectivity index (χ0v) is 10.4. The van der Waals surface area contributed by atoms with Gasteiger partial charge in [-0.05, 0) is 18.6 Å². The zero-order valence-electron chi connectivity index (χ0n) is 9.58. The molecule has 0 aliphatic heterocycles. The fourth-order valence-corrected chi connectivity index (χ4v) is 3.42. The van der Waals surface area contributed by atoms with E-state index in [0.29, 0.717) is 0 Å². The Morgan fingerprint density at radius 3 is 2.38 bits per heavy atom. The predicted molar refractivity (Wildman–Crippen MR) is 76.7 cm³/mol. The number of hydrogen-bond acceptors (Lipinski definition) is 1. The van der Waals surface area contributed by atoms with E-state index in [1.54, 1.807) is 0 Å². The molecule has 3 aromatic rings. The molecule has 0 saturated heterocycles. The van der Waals surface area contributed by atoms with Crippen LogP contribution in [0.4, 0.5) is 0 Å². The van der Waals surface area contributed by atoms with Gasteiger partial charge in [-0.25, -0.2) is 0 Å². The van der Waals surface area contributed by atoms with Crippen molar-refractivity contribution in [2.24, 2.45) is 0 Å². The molecule has 0 aliphatic carbocycles. The third-order valence-corrected chi connectivity index (χ3v) is 4.22. The van der Waals surface area contributed by atoms with Gasteiger partial charge in [-0.3, -0.25) is 0 Å². The van der Waals surface area contributed by atoms with Crippen molar-refractivity contribution >= 4 is 44.3 Å². The lowest BCUT2D eigenvalue weighted by Gasteiger charge is -1.95. The number of benzene rings is 2. The first-order chi connectivity index (χ1) is 7.78. The molecule has 0 unspecified atom stereocenters. The zero-order chi connectivity index (χ0) is 11.1. The van der Waals surface area contributed by atoms with Crippen molar-refractivity contribution in [2.75, 3.05) is 0 Å². The molecule has 0 radical (unpaired) electrons. The molecule has 0 amide bonds. The van der Waals surface area contributed by atoms with Gasteiger partial charge >= 0.3 is 0 Å². The Morgan fingerprint density at radius 1 is 0.938 bits per heavy atom. The molecule has 0 N–H and O–H groups in total. The fourth-order valence-electron chi connectivity index (χ4n) is 2.15. The van der Waals surface area contributed by atoms with Gasteiger partial charge in [0, 0.05) is 20.2 Å². The lowest BCUT2D eigenvalue weighted by molar-refractivity contribution is 1.52. The smallest absolute Gasteiger partial charge is 0.135 e. The number of fused-ring (bicyclic) bond motifs is 3. The molecule has 2 aromatic carbocycles. The second-order valence-electron chi connectivity index (χ2n) is 4.29. The predicted octanol–water partition coefficient (Wildman–Crippen LogP) is 3.47. The average Bonchev–Trinajstić information content (AvgIpc) is 2.64. The first-order valence-corrected chi connectivity index (χ1v) is 6.51. The molecular weight excluding hydrogens is 211 g/mol. The minimum absolute atomic E-state index is 1.11. The van der Waals surface area contributed by atoms with Crippen molar-refractivity contribution in [1.82, 2.24) is 0 Å². The largest absolute Gasteiger partial charge is 0.154 e. The standard InChI is InChI=1S/C14H13BS/c1-9-3-5-11-12-6-4-10(15-2)8-14(12)16-13(11)7-9/h3-8,15H,1-2H3. The van der Waals surface area contributed by atoms with Crippen LogP contribution in [0.5, 0.6) is 0 Å². The SMILES string of the molecule is CBc1ccc2c(c1)sc1cc(C)ccc12. The van der Waals surface area contributed by atoms with Crippen molar-refractivity contribution in [3.8, 4) is 0 Å². The van der Waals surface area contributed by atoms with E-state index in [1.807, 2.05) is 11.3 Å². The summed E-state index contributed by atoms with van der Waals surface area (Å²) in [6.07, 6.45) is 0. The van der Waals surface area contributed by atoms with Gasteiger partial charge in [0.1, 0.15) is 0 Å². The van der Waals surface area contributed by atoms with E-state index >= 15 is 0 Å². The first kappa shape index (κ1) is 9.92. The van der Waals surface area contributed by atoms with Crippen molar-refractivity contribution in [3.05, 3.63) is 42.0 Å². The van der Waals surface area contributed by atoms with Crippen LogP contribution in [-0.4, -0.2) is 7.28 Å². The Kier molecular flexibility index (Phi) is 2.25. The third kappa shape index (κ3) is 1.45. The van der Waals surface area contributed by atoms with Crippen LogP contribution < -0.4 is 5.46 Å². The molecule has 0 aliphatic rings. The van der Waals surface area contributed by atoms with Gasteiger partial charge in [0.2, 0.25) is 0 Å². The van der Waals surface area contributed by atoms with E-state index in [4.69, 9.17) is 0 Å². The van der Waals surface area contributed by atoms with Gasteiger partial charge in [0.15, 0.2) is 7.28 Å². The Morgan fingerprint density at radius 2 is 1.62 bits per heavy atom. The summed E-state index contributed by atoms with van der Waals surface area (Å²) in [4.78, 5) is 0. The highest BCUT2D eigenvalue weighted by molar-refractivity contribution is 7.25. The molecule has 1 aromatic heterocycles. The molecule has 3 rings (SSSR count). The lowest BCUT2D eigenvalue weighted by Crippen LogP contribution is -2.08. The Labute approximate surface area is 100 Å². The van der Waals surface area contributed by atoms with Crippen molar-refractivity contribution in [3.63, 3.8) is 0 Å². The normalized spacial score (nSPS) is 11.1. The number of aryl methyl sites for hydroxylation is 1. The summed E-state index contributed by atoms with van der Waals surface area (Å²) in [5, 5.41) is 2.80. The molecule has 16 heavy (non-hydrogen) atoms. The van der Waals surface area contributed by atoms with Crippen molar-refractivity contribution in [2.45, 2.75) is 13.7 Å². The lowest BCUT2D eigenvalue weighted by atomic mass is 9.73. The van der Waals surface area contributed by atoms with E-state index in [1.165, 1.54) is 31.2 Å². The topological polar surface area (TPSA) is 0 Å². The first-order valence-electron chi connectivity index (χ1n) is 5.69. The molecule has 0 saturated carbocycles. The van der Waals surface area contributed by atoms with Crippen LogP contribution >= 0.6 is 11.3 Å². The van der Waals surface area contributed by atoms with E-state index < -0.39 is 0 Å². The molecule has 0 nitrogen and oxygen atoms in total. The minimum Gasteiger partial charge on any atom is -0.135 e. The van der Waals surface area contributed by atoms with Crippen LogP contribution in [-0.2, 0) is 0 Å². The highest BCUT2D eigenvalue weighted by Gasteiger charge is 2.05. The van der Waals surface area contributed by atoms with Gasteiger partial charge in [0.25, 0.3) is 0 Å². The summed E-state index contributed by atoms with van der Waals surface area (Å²) in [6.45, 7) is 4.36. The van der Waals surface area contributed by atoms with Gasteiger partial charge in [-0.2, -0.15) is 0 Å². The van der Waals surface area contributed by atoms with E-state index in [9.17, 15) is 0 Å². The maximum absolute atomic E-state index is 2.33. The van der Waals surface area contributed by atoms with Crippen LogP contribution in [0.3, 0.4) is 0 Å². The minimum atomic E-state index is 1.11. The highest BCUT2D eigenvalue weighted by atomic mass is 32.1. The van der Waals surface area contributed by atoms with Gasteiger partial charge in [-0.15, -0.1) is 11.3 Å². The maximum atomic E-state index is 2.33. The summed E-state index contributed by atoms with van der Waals surface area (Å²) in [6, 6.07) is 13.6. The molecular formula is C14H13BS. The molecule has 1 heterocycles.